The van der Waals surface area contributed by atoms with E-state index in [0.29, 0.717) is 5.56 Å². The summed E-state index contributed by atoms with van der Waals surface area (Å²) in [5.41, 5.74) is 0.550. The molecule has 0 radical (unpaired) electrons. The van der Waals surface area contributed by atoms with E-state index in [0.717, 1.165) is 12.1 Å². The molecule has 1 atom stereocenters. The van der Waals surface area contributed by atoms with Crippen LogP contribution in [0.25, 0.3) is 0 Å². The fourth-order valence-corrected chi connectivity index (χ4v) is 1.64. The molecule has 0 aliphatic carbocycles. The van der Waals surface area contributed by atoms with E-state index in [2.05, 4.69) is 14.8 Å². The smallest absolute Gasteiger partial charge is 0.467 e. The van der Waals surface area contributed by atoms with Crippen LogP contribution >= 0.6 is 0 Å². The van der Waals surface area contributed by atoms with Crippen molar-refractivity contribution in [3.63, 3.8) is 0 Å². The number of esters is 1. The van der Waals surface area contributed by atoms with Gasteiger partial charge >= 0.3 is 12.3 Å². The number of halogens is 3. The first-order valence-electron chi connectivity index (χ1n) is 5.91. The maximum Gasteiger partial charge on any atom is 0.573 e. The molecule has 5 nitrogen and oxygen atoms in total. The Kier molecular flexibility index (Phi) is 5.57. The lowest BCUT2D eigenvalue weighted by molar-refractivity contribution is -0.274. The second-order valence-corrected chi connectivity index (χ2v) is 4.17. The minimum Gasteiger partial charge on any atom is -0.467 e. The lowest BCUT2D eigenvalue weighted by Crippen LogP contribution is -2.41. The summed E-state index contributed by atoms with van der Waals surface area (Å²) >= 11 is 0. The third kappa shape index (κ3) is 6.15. The van der Waals surface area contributed by atoms with Crippen LogP contribution in [0.3, 0.4) is 0 Å². The van der Waals surface area contributed by atoms with Crippen LogP contribution in [-0.2, 0) is 20.7 Å². The van der Waals surface area contributed by atoms with Gasteiger partial charge in [0.05, 0.1) is 7.11 Å². The molecule has 1 unspecified atom stereocenters. The van der Waals surface area contributed by atoms with Gasteiger partial charge in [-0.25, -0.2) is 4.79 Å². The van der Waals surface area contributed by atoms with Gasteiger partial charge in [0.25, 0.3) is 0 Å². The number of methoxy groups -OCH3 is 1. The van der Waals surface area contributed by atoms with Gasteiger partial charge in [-0.1, -0.05) is 12.1 Å². The van der Waals surface area contributed by atoms with Crippen molar-refractivity contribution >= 4 is 11.9 Å². The number of hydrogen-bond donors (Lipinski definition) is 1. The highest BCUT2D eigenvalue weighted by atomic mass is 19.4. The van der Waals surface area contributed by atoms with Crippen molar-refractivity contribution in [3.8, 4) is 5.75 Å². The Hall–Kier alpha value is -2.25. The summed E-state index contributed by atoms with van der Waals surface area (Å²) in [6.07, 6.45) is -4.66. The summed E-state index contributed by atoms with van der Waals surface area (Å²) in [7, 11) is 1.18. The van der Waals surface area contributed by atoms with Crippen molar-refractivity contribution in [2.45, 2.75) is 25.7 Å². The maximum absolute atomic E-state index is 12.0. The molecule has 0 saturated heterocycles. The normalized spacial score (nSPS) is 12.4. The number of nitrogens with one attached hydrogen (secondary N) is 1. The average molecular weight is 305 g/mol. The van der Waals surface area contributed by atoms with Crippen molar-refractivity contribution in [2.24, 2.45) is 0 Å². The molecule has 0 bridgehead atoms. The molecular weight excluding hydrogens is 291 g/mol. The zero-order valence-electron chi connectivity index (χ0n) is 11.4. The zero-order valence-corrected chi connectivity index (χ0v) is 11.4. The quantitative estimate of drug-likeness (QED) is 0.843. The minimum absolute atomic E-state index is 0.0958. The molecule has 116 valence electrons. The van der Waals surface area contributed by atoms with Gasteiger partial charge in [-0.15, -0.1) is 13.2 Å². The molecule has 8 heteroatoms. The Morgan fingerprint density at radius 1 is 1.24 bits per heavy atom. The van der Waals surface area contributed by atoms with E-state index in [9.17, 15) is 22.8 Å². The van der Waals surface area contributed by atoms with Crippen LogP contribution < -0.4 is 10.1 Å². The van der Waals surface area contributed by atoms with Gasteiger partial charge in [-0.3, -0.25) is 4.79 Å². The monoisotopic (exact) mass is 305 g/mol. The van der Waals surface area contributed by atoms with Crippen molar-refractivity contribution < 1.29 is 32.2 Å². The first kappa shape index (κ1) is 16.8. The van der Waals surface area contributed by atoms with E-state index in [4.69, 9.17) is 0 Å². The SMILES string of the molecule is COC(=O)C(Cc1ccc(OC(F)(F)F)cc1)NC(C)=O. The molecule has 0 fully saturated rings. The average Bonchev–Trinajstić information content (AvgIpc) is 2.37. The topological polar surface area (TPSA) is 64.6 Å². The van der Waals surface area contributed by atoms with Gasteiger partial charge in [-0.05, 0) is 17.7 Å². The van der Waals surface area contributed by atoms with Gasteiger partial charge in [0.2, 0.25) is 5.91 Å². The number of carbonyl (C=O) groups is 2. The zero-order chi connectivity index (χ0) is 16.0. The predicted molar refractivity (Wildman–Crippen MR) is 66.4 cm³/mol. The first-order chi connectivity index (χ1) is 9.71. The highest BCUT2D eigenvalue weighted by Gasteiger charge is 2.31. The van der Waals surface area contributed by atoms with Gasteiger partial charge in [0.15, 0.2) is 0 Å². The summed E-state index contributed by atoms with van der Waals surface area (Å²) in [4.78, 5) is 22.5. The molecule has 1 aromatic carbocycles. The van der Waals surface area contributed by atoms with Crippen molar-refractivity contribution in [3.05, 3.63) is 29.8 Å². The van der Waals surface area contributed by atoms with Crippen LogP contribution in [0.2, 0.25) is 0 Å². The molecule has 0 spiro atoms. The van der Waals surface area contributed by atoms with Crippen LogP contribution in [0.4, 0.5) is 13.2 Å². The van der Waals surface area contributed by atoms with E-state index < -0.39 is 24.3 Å². The summed E-state index contributed by atoms with van der Waals surface area (Å²) in [6.45, 7) is 1.25. The van der Waals surface area contributed by atoms with Crippen LogP contribution in [0.15, 0.2) is 24.3 Å². The summed E-state index contributed by atoms with van der Waals surface area (Å²) in [5.74, 6) is -1.41. The number of carbonyl (C=O) groups excluding carboxylic acids is 2. The number of benzene rings is 1. The number of ether oxygens (including phenoxy) is 2. The maximum atomic E-state index is 12.0. The number of hydrogen-bond acceptors (Lipinski definition) is 4. The third-order valence-corrected chi connectivity index (χ3v) is 2.46. The van der Waals surface area contributed by atoms with Crippen LogP contribution in [-0.4, -0.2) is 31.4 Å². The van der Waals surface area contributed by atoms with Crippen LogP contribution in [0, 0.1) is 0 Å². The fourth-order valence-electron chi connectivity index (χ4n) is 1.64. The van der Waals surface area contributed by atoms with Crippen molar-refractivity contribution in [2.75, 3.05) is 7.11 Å². The standard InChI is InChI=1S/C13H14F3NO4/c1-8(18)17-11(12(19)20-2)7-9-3-5-10(6-4-9)21-13(14,15)16/h3-6,11H,7H2,1-2H3,(H,17,18). The Labute approximate surface area is 119 Å². The van der Waals surface area contributed by atoms with E-state index >= 15 is 0 Å². The van der Waals surface area contributed by atoms with Gasteiger partial charge in [0, 0.05) is 13.3 Å². The van der Waals surface area contributed by atoms with E-state index in [1.54, 1.807) is 0 Å². The molecule has 1 aromatic rings. The number of alkyl halides is 3. The third-order valence-electron chi connectivity index (χ3n) is 2.46. The van der Waals surface area contributed by atoms with Crippen molar-refractivity contribution in [1.29, 1.82) is 0 Å². The molecule has 1 rings (SSSR count). The van der Waals surface area contributed by atoms with Crippen molar-refractivity contribution in [1.82, 2.24) is 5.32 Å². The number of rotatable bonds is 5. The van der Waals surface area contributed by atoms with Gasteiger partial charge in [0.1, 0.15) is 11.8 Å². The highest BCUT2D eigenvalue weighted by molar-refractivity contribution is 5.83. The molecule has 0 aliphatic rings. The lowest BCUT2D eigenvalue weighted by atomic mass is 10.1. The molecule has 21 heavy (non-hydrogen) atoms. The number of amides is 1. The predicted octanol–water partition coefficient (Wildman–Crippen LogP) is 1.81. The molecule has 0 aliphatic heterocycles. The van der Waals surface area contributed by atoms with E-state index in [1.165, 1.54) is 26.2 Å². The Morgan fingerprint density at radius 3 is 2.24 bits per heavy atom. The molecule has 1 amide bonds. The summed E-state index contributed by atoms with van der Waals surface area (Å²) in [5, 5.41) is 2.41. The van der Waals surface area contributed by atoms with Gasteiger partial charge < -0.3 is 14.8 Å². The van der Waals surface area contributed by atoms with Gasteiger partial charge in [-0.2, -0.15) is 0 Å². The first-order valence-corrected chi connectivity index (χ1v) is 5.91. The summed E-state index contributed by atoms with van der Waals surface area (Å²) in [6, 6.07) is 4.11. The highest BCUT2D eigenvalue weighted by Crippen LogP contribution is 2.23. The Balaban J connectivity index is 2.76. The summed E-state index contributed by atoms with van der Waals surface area (Å²) < 4.78 is 44.3. The second-order valence-electron chi connectivity index (χ2n) is 4.17. The molecular formula is C13H14F3NO4. The molecule has 1 N–H and O–H groups in total. The Morgan fingerprint density at radius 2 is 1.81 bits per heavy atom. The van der Waals surface area contributed by atoms with E-state index in [-0.39, 0.29) is 12.2 Å². The molecule has 0 saturated carbocycles. The van der Waals surface area contributed by atoms with Crippen LogP contribution in [0.1, 0.15) is 12.5 Å². The van der Waals surface area contributed by atoms with E-state index in [1.807, 2.05) is 0 Å². The minimum atomic E-state index is -4.76. The second kappa shape index (κ2) is 6.96. The lowest BCUT2D eigenvalue weighted by Gasteiger charge is -2.16. The fraction of sp³-hybridized carbons (Fsp3) is 0.385. The van der Waals surface area contributed by atoms with Crippen LogP contribution in [0.5, 0.6) is 5.75 Å². The Bertz CT molecular complexity index is 499. The molecule has 0 heterocycles. The largest absolute Gasteiger partial charge is 0.573 e. The molecule has 0 aromatic heterocycles.